The van der Waals surface area contributed by atoms with Crippen molar-refractivity contribution in [2.75, 3.05) is 12.4 Å². The number of urea groups is 1. The molecule has 3 aromatic carbocycles. The second-order valence-electron chi connectivity index (χ2n) is 6.82. The lowest BCUT2D eigenvalue weighted by Gasteiger charge is -2.21. The maximum absolute atomic E-state index is 13.4. The fraction of sp³-hybridized carbons (Fsp3) is 0.130. The number of carbonyl (C=O) groups excluding carboxylic acids is 1. The molecule has 0 saturated heterocycles. The van der Waals surface area contributed by atoms with E-state index in [4.69, 9.17) is 4.74 Å². The van der Waals surface area contributed by atoms with E-state index in [9.17, 15) is 9.18 Å². The number of hydrogen-bond acceptors (Lipinski definition) is 3. The third-order valence-corrected chi connectivity index (χ3v) is 4.83. The average Bonchev–Trinajstić information content (AvgIpc) is 3.17. The number of fused-ring (bicyclic) bond motifs is 1. The summed E-state index contributed by atoms with van der Waals surface area (Å²) in [7, 11) is 1.59. The minimum absolute atomic E-state index is 0.326. The maximum atomic E-state index is 13.4. The molecular formula is C23H21FN4O2. The average molecular weight is 404 g/mol. The molecule has 6 nitrogen and oxygen atoms in total. The Bertz CT molecular complexity index is 1140. The fourth-order valence-corrected chi connectivity index (χ4v) is 3.28. The SMILES string of the molecule is COc1ccc(NC(=O)NC(Cn2cnc3ccccc32)c2ccc(F)cc2)cc1. The van der Waals surface area contributed by atoms with Gasteiger partial charge >= 0.3 is 6.03 Å². The van der Waals surface area contributed by atoms with Gasteiger partial charge in [0.05, 0.1) is 30.5 Å². The van der Waals surface area contributed by atoms with Crippen LogP contribution in [0.5, 0.6) is 5.75 Å². The van der Waals surface area contributed by atoms with Crippen LogP contribution in [0.4, 0.5) is 14.9 Å². The van der Waals surface area contributed by atoms with Gasteiger partial charge in [0.15, 0.2) is 0 Å². The summed E-state index contributed by atoms with van der Waals surface area (Å²) in [5.41, 5.74) is 3.26. The molecule has 2 amide bonds. The molecule has 0 aliphatic carbocycles. The van der Waals surface area contributed by atoms with Crippen LogP contribution in [-0.2, 0) is 6.54 Å². The number of nitrogens with one attached hydrogen (secondary N) is 2. The maximum Gasteiger partial charge on any atom is 0.319 e. The van der Waals surface area contributed by atoms with Gasteiger partial charge in [-0.15, -0.1) is 0 Å². The highest BCUT2D eigenvalue weighted by molar-refractivity contribution is 5.89. The Morgan fingerprint density at radius 3 is 2.53 bits per heavy atom. The fourth-order valence-electron chi connectivity index (χ4n) is 3.28. The number of nitrogens with zero attached hydrogens (tertiary/aromatic N) is 2. The third kappa shape index (κ3) is 4.41. The van der Waals surface area contributed by atoms with Gasteiger partial charge < -0.3 is 19.9 Å². The summed E-state index contributed by atoms with van der Waals surface area (Å²) in [6.07, 6.45) is 1.74. The zero-order valence-corrected chi connectivity index (χ0v) is 16.4. The van der Waals surface area contributed by atoms with Crippen LogP contribution in [0, 0.1) is 5.82 Å². The zero-order chi connectivity index (χ0) is 20.9. The van der Waals surface area contributed by atoms with Crippen LogP contribution >= 0.6 is 0 Å². The van der Waals surface area contributed by atoms with Crippen LogP contribution in [0.25, 0.3) is 11.0 Å². The molecule has 2 N–H and O–H groups in total. The van der Waals surface area contributed by atoms with Gasteiger partial charge in [-0.3, -0.25) is 0 Å². The molecule has 152 valence electrons. The molecule has 7 heteroatoms. The van der Waals surface area contributed by atoms with Crippen molar-refractivity contribution in [2.45, 2.75) is 12.6 Å². The molecule has 0 aliphatic rings. The number of ether oxygens (including phenoxy) is 1. The number of amides is 2. The van der Waals surface area contributed by atoms with Gasteiger partial charge in [-0.1, -0.05) is 24.3 Å². The number of aromatic nitrogens is 2. The van der Waals surface area contributed by atoms with Gasteiger partial charge in [-0.2, -0.15) is 0 Å². The predicted molar refractivity (Wildman–Crippen MR) is 114 cm³/mol. The Morgan fingerprint density at radius 1 is 1.07 bits per heavy atom. The van der Waals surface area contributed by atoms with Gasteiger partial charge in [0.25, 0.3) is 0 Å². The lowest BCUT2D eigenvalue weighted by atomic mass is 10.1. The van der Waals surface area contributed by atoms with Gasteiger partial charge in [-0.25, -0.2) is 14.2 Å². The van der Waals surface area contributed by atoms with Gasteiger partial charge in [-0.05, 0) is 54.1 Å². The molecule has 1 aromatic heterocycles. The van der Waals surface area contributed by atoms with Crippen LogP contribution in [0.2, 0.25) is 0 Å². The van der Waals surface area contributed by atoms with E-state index in [1.165, 1.54) is 12.1 Å². The summed E-state index contributed by atoms with van der Waals surface area (Å²) in [4.78, 5) is 17.1. The Labute approximate surface area is 173 Å². The quantitative estimate of drug-likeness (QED) is 0.487. The van der Waals surface area contributed by atoms with Gasteiger partial charge in [0.1, 0.15) is 11.6 Å². The van der Waals surface area contributed by atoms with E-state index in [-0.39, 0.29) is 17.9 Å². The molecular weight excluding hydrogens is 383 g/mol. The number of benzene rings is 3. The number of methoxy groups -OCH3 is 1. The molecule has 0 bridgehead atoms. The molecule has 4 aromatic rings. The highest BCUT2D eigenvalue weighted by Crippen LogP contribution is 2.21. The highest BCUT2D eigenvalue weighted by atomic mass is 19.1. The summed E-state index contributed by atoms with van der Waals surface area (Å²) in [5.74, 6) is 0.380. The van der Waals surface area contributed by atoms with E-state index in [0.29, 0.717) is 18.0 Å². The minimum atomic E-state index is -0.388. The Hall–Kier alpha value is -3.87. The van der Waals surface area contributed by atoms with Crippen LogP contribution in [-0.4, -0.2) is 22.7 Å². The molecule has 30 heavy (non-hydrogen) atoms. The molecule has 1 atom stereocenters. The lowest BCUT2D eigenvalue weighted by Crippen LogP contribution is -2.34. The number of hydrogen-bond donors (Lipinski definition) is 2. The van der Waals surface area contributed by atoms with E-state index in [0.717, 1.165) is 16.6 Å². The Kier molecular flexibility index (Phi) is 5.61. The molecule has 0 saturated carbocycles. The third-order valence-electron chi connectivity index (χ3n) is 4.83. The summed E-state index contributed by atoms with van der Waals surface area (Å²) < 4.78 is 20.5. The number of halogens is 1. The topological polar surface area (TPSA) is 68.2 Å². The number of imidazole rings is 1. The number of rotatable bonds is 6. The van der Waals surface area contributed by atoms with E-state index < -0.39 is 0 Å². The van der Waals surface area contributed by atoms with Gasteiger partial charge in [0, 0.05) is 12.2 Å². The van der Waals surface area contributed by atoms with Crippen molar-refractivity contribution in [3.8, 4) is 5.75 Å². The largest absolute Gasteiger partial charge is 0.497 e. The van der Waals surface area contributed by atoms with Crippen LogP contribution in [0.15, 0.2) is 79.1 Å². The Morgan fingerprint density at radius 2 is 1.80 bits per heavy atom. The van der Waals surface area contributed by atoms with E-state index in [1.807, 2.05) is 28.8 Å². The highest BCUT2D eigenvalue weighted by Gasteiger charge is 2.17. The van der Waals surface area contributed by atoms with Crippen molar-refractivity contribution in [3.63, 3.8) is 0 Å². The molecule has 0 radical (unpaired) electrons. The van der Waals surface area contributed by atoms with Gasteiger partial charge in [0.2, 0.25) is 0 Å². The van der Waals surface area contributed by atoms with E-state index in [1.54, 1.807) is 49.8 Å². The van der Waals surface area contributed by atoms with Crippen molar-refractivity contribution < 1.29 is 13.9 Å². The zero-order valence-electron chi connectivity index (χ0n) is 16.4. The lowest BCUT2D eigenvalue weighted by molar-refractivity contribution is 0.247. The second-order valence-corrected chi connectivity index (χ2v) is 6.82. The van der Waals surface area contributed by atoms with Crippen molar-refractivity contribution >= 4 is 22.8 Å². The smallest absolute Gasteiger partial charge is 0.319 e. The number of carbonyl (C=O) groups is 1. The monoisotopic (exact) mass is 404 g/mol. The van der Waals surface area contributed by atoms with Crippen molar-refractivity contribution in [1.29, 1.82) is 0 Å². The Balaban J connectivity index is 1.55. The van der Waals surface area contributed by atoms with Crippen molar-refractivity contribution in [2.24, 2.45) is 0 Å². The first-order valence-electron chi connectivity index (χ1n) is 9.49. The summed E-state index contributed by atoms with van der Waals surface area (Å²) >= 11 is 0. The van der Waals surface area contributed by atoms with Crippen molar-refractivity contribution in [3.05, 3.63) is 90.5 Å². The van der Waals surface area contributed by atoms with E-state index in [2.05, 4.69) is 15.6 Å². The summed E-state index contributed by atoms with van der Waals surface area (Å²) in [6.45, 7) is 0.447. The van der Waals surface area contributed by atoms with Crippen LogP contribution in [0.3, 0.4) is 0 Å². The molecule has 1 heterocycles. The second kappa shape index (κ2) is 8.65. The van der Waals surface area contributed by atoms with Crippen LogP contribution in [0.1, 0.15) is 11.6 Å². The first-order chi connectivity index (χ1) is 14.6. The first-order valence-corrected chi connectivity index (χ1v) is 9.49. The number of para-hydroxylation sites is 2. The molecule has 4 rings (SSSR count). The standard InChI is InChI=1S/C23H21FN4O2/c1-30-19-12-10-18(11-13-19)26-23(29)27-21(16-6-8-17(24)9-7-16)14-28-15-25-20-4-2-3-5-22(20)28/h2-13,15,21H,14H2,1H3,(H2,26,27,29). The number of anilines is 1. The molecule has 1 unspecified atom stereocenters. The molecule has 0 aliphatic heterocycles. The normalized spacial score (nSPS) is 11.8. The minimum Gasteiger partial charge on any atom is -0.497 e. The molecule has 0 fully saturated rings. The molecule has 0 spiro atoms. The van der Waals surface area contributed by atoms with E-state index >= 15 is 0 Å². The first kappa shape index (κ1) is 19.4. The van der Waals surface area contributed by atoms with Crippen LogP contribution < -0.4 is 15.4 Å². The predicted octanol–water partition coefficient (Wildman–Crippen LogP) is 4.75. The van der Waals surface area contributed by atoms with Crippen molar-refractivity contribution in [1.82, 2.24) is 14.9 Å². The summed E-state index contributed by atoms with van der Waals surface area (Å²) in [5, 5.41) is 5.80. The summed E-state index contributed by atoms with van der Waals surface area (Å²) in [6, 6.07) is 20.2.